The Hall–Kier alpha value is -3.13. The van der Waals surface area contributed by atoms with E-state index in [9.17, 15) is 4.79 Å². The van der Waals surface area contributed by atoms with Gasteiger partial charge in [-0.3, -0.25) is 4.79 Å². The lowest BCUT2D eigenvalue weighted by Gasteiger charge is -2.08. The van der Waals surface area contributed by atoms with Crippen molar-refractivity contribution in [2.24, 2.45) is 0 Å². The number of hydrogen-bond acceptors (Lipinski definition) is 6. The van der Waals surface area contributed by atoms with E-state index in [0.717, 1.165) is 22.2 Å². The van der Waals surface area contributed by atoms with Crippen molar-refractivity contribution in [3.05, 3.63) is 36.0 Å². The average molecular weight is 356 g/mol. The van der Waals surface area contributed by atoms with Crippen LogP contribution < -0.4 is 14.8 Å². The number of ether oxygens (including phenoxy) is 3. The van der Waals surface area contributed by atoms with E-state index < -0.39 is 0 Å². The second-order valence-electron chi connectivity index (χ2n) is 5.60. The van der Waals surface area contributed by atoms with Gasteiger partial charge in [-0.1, -0.05) is 0 Å². The smallest absolute Gasteiger partial charge is 0.246 e. The number of nitrogens with zero attached hydrogens (tertiary/aromatic N) is 2. The van der Waals surface area contributed by atoms with Gasteiger partial charge in [-0.05, 0) is 24.3 Å². The maximum Gasteiger partial charge on any atom is 0.246 e. The molecule has 0 spiro atoms. The molecule has 0 atom stereocenters. The van der Waals surface area contributed by atoms with Crippen LogP contribution in [0, 0.1) is 0 Å². The monoisotopic (exact) mass is 356 g/mol. The van der Waals surface area contributed by atoms with Crippen LogP contribution >= 0.6 is 0 Å². The maximum absolute atomic E-state index is 11.5. The van der Waals surface area contributed by atoms with Crippen LogP contribution in [-0.4, -0.2) is 49.0 Å². The Labute approximate surface area is 150 Å². The van der Waals surface area contributed by atoms with Crippen molar-refractivity contribution in [2.75, 3.05) is 27.9 Å². The zero-order valence-electron chi connectivity index (χ0n) is 14.8. The summed E-state index contributed by atoms with van der Waals surface area (Å²) in [5.41, 5.74) is 3.28. The molecule has 3 aromatic rings. The molecule has 0 aliphatic rings. The second-order valence-corrected chi connectivity index (χ2v) is 5.60. The predicted octanol–water partition coefficient (Wildman–Crippen LogP) is 1.90. The number of aromatic amines is 1. The molecule has 136 valence electrons. The Morgan fingerprint density at radius 2 is 1.96 bits per heavy atom. The first-order valence-electron chi connectivity index (χ1n) is 7.98. The number of nitrogens with one attached hydrogen (secondary N) is 2. The summed E-state index contributed by atoms with van der Waals surface area (Å²) < 4.78 is 15.4. The molecule has 0 aliphatic heterocycles. The Bertz CT molecular complexity index is 905. The van der Waals surface area contributed by atoms with Crippen molar-refractivity contribution in [2.45, 2.75) is 6.54 Å². The van der Waals surface area contributed by atoms with Crippen LogP contribution in [0.2, 0.25) is 0 Å². The molecule has 2 heterocycles. The fraction of sp³-hybridized carbons (Fsp3) is 0.278. The van der Waals surface area contributed by atoms with Gasteiger partial charge in [-0.25, -0.2) is 0 Å². The minimum absolute atomic E-state index is 0.0361. The molecular formula is C18H20N4O4. The Balaban J connectivity index is 1.90. The lowest BCUT2D eigenvalue weighted by Crippen LogP contribution is -2.26. The van der Waals surface area contributed by atoms with Crippen LogP contribution in [0.25, 0.3) is 22.2 Å². The Morgan fingerprint density at radius 3 is 2.62 bits per heavy atom. The summed E-state index contributed by atoms with van der Waals surface area (Å²) in [5.74, 6) is 0.964. The lowest BCUT2D eigenvalue weighted by atomic mass is 10.1. The minimum atomic E-state index is -0.169. The molecule has 8 heteroatoms. The Kier molecular flexibility index (Phi) is 5.33. The van der Waals surface area contributed by atoms with Gasteiger partial charge in [-0.2, -0.15) is 0 Å². The van der Waals surface area contributed by atoms with Crippen LogP contribution in [0.15, 0.2) is 30.3 Å². The molecule has 2 aromatic heterocycles. The van der Waals surface area contributed by atoms with E-state index >= 15 is 0 Å². The number of methoxy groups -OCH3 is 3. The van der Waals surface area contributed by atoms with Gasteiger partial charge < -0.3 is 24.5 Å². The summed E-state index contributed by atoms with van der Waals surface area (Å²) in [6, 6.07) is 9.41. The van der Waals surface area contributed by atoms with E-state index in [1.54, 1.807) is 20.3 Å². The van der Waals surface area contributed by atoms with Crippen molar-refractivity contribution in [3.63, 3.8) is 0 Å². The summed E-state index contributed by atoms with van der Waals surface area (Å²) in [7, 11) is 4.64. The van der Waals surface area contributed by atoms with E-state index in [-0.39, 0.29) is 12.5 Å². The number of benzene rings is 1. The molecule has 3 rings (SSSR count). The molecule has 2 N–H and O–H groups in total. The van der Waals surface area contributed by atoms with Gasteiger partial charge in [0, 0.05) is 35.3 Å². The van der Waals surface area contributed by atoms with Crippen LogP contribution in [0.3, 0.4) is 0 Å². The van der Waals surface area contributed by atoms with Gasteiger partial charge in [0.2, 0.25) is 11.8 Å². The van der Waals surface area contributed by atoms with Gasteiger partial charge in [-0.15, -0.1) is 10.2 Å². The zero-order valence-corrected chi connectivity index (χ0v) is 14.8. The topological polar surface area (TPSA) is 98.4 Å². The van der Waals surface area contributed by atoms with Crippen LogP contribution in [0.4, 0.5) is 0 Å². The molecule has 8 nitrogen and oxygen atoms in total. The molecule has 1 aromatic carbocycles. The van der Waals surface area contributed by atoms with Gasteiger partial charge in [0.15, 0.2) is 0 Å². The van der Waals surface area contributed by atoms with Crippen molar-refractivity contribution in [1.82, 2.24) is 20.5 Å². The van der Waals surface area contributed by atoms with E-state index in [1.807, 2.05) is 24.3 Å². The fourth-order valence-corrected chi connectivity index (χ4v) is 2.63. The first-order valence-corrected chi connectivity index (χ1v) is 7.98. The molecular weight excluding hydrogens is 336 g/mol. The summed E-state index contributed by atoms with van der Waals surface area (Å²) >= 11 is 0. The van der Waals surface area contributed by atoms with Gasteiger partial charge in [0.1, 0.15) is 12.4 Å². The highest BCUT2D eigenvalue weighted by Crippen LogP contribution is 2.33. The number of fused-ring (bicyclic) bond motifs is 1. The van der Waals surface area contributed by atoms with E-state index in [1.165, 1.54) is 7.11 Å². The highest BCUT2D eigenvalue weighted by molar-refractivity contribution is 5.88. The van der Waals surface area contributed by atoms with Gasteiger partial charge in [0.05, 0.1) is 26.5 Å². The number of H-pyrrole nitrogens is 1. The zero-order chi connectivity index (χ0) is 18.5. The molecule has 0 radical (unpaired) electrons. The average Bonchev–Trinajstić information content (AvgIpc) is 3.07. The third-order valence-corrected chi connectivity index (χ3v) is 3.87. The highest BCUT2D eigenvalue weighted by Gasteiger charge is 2.12. The highest BCUT2D eigenvalue weighted by atomic mass is 16.5. The van der Waals surface area contributed by atoms with Crippen molar-refractivity contribution in [1.29, 1.82) is 0 Å². The first kappa shape index (κ1) is 17.7. The molecule has 1 amide bonds. The van der Waals surface area contributed by atoms with Crippen LogP contribution in [-0.2, 0) is 16.1 Å². The number of aromatic nitrogens is 3. The summed E-state index contributed by atoms with van der Waals surface area (Å²) in [6.45, 7) is 0.422. The molecule has 0 unspecified atom stereocenters. The molecule has 0 fully saturated rings. The summed E-state index contributed by atoms with van der Waals surface area (Å²) in [6.07, 6.45) is 0. The number of amides is 1. The van der Waals surface area contributed by atoms with Crippen LogP contribution in [0.5, 0.6) is 11.6 Å². The van der Waals surface area contributed by atoms with Crippen LogP contribution in [0.1, 0.15) is 5.69 Å². The van der Waals surface area contributed by atoms with Crippen molar-refractivity contribution >= 4 is 16.8 Å². The fourth-order valence-electron chi connectivity index (χ4n) is 2.63. The van der Waals surface area contributed by atoms with E-state index in [2.05, 4.69) is 20.5 Å². The number of carbonyl (C=O) groups is 1. The second kappa shape index (κ2) is 7.83. The van der Waals surface area contributed by atoms with Gasteiger partial charge >= 0.3 is 0 Å². The largest absolute Gasteiger partial charge is 0.496 e. The molecule has 0 bridgehead atoms. The predicted molar refractivity (Wildman–Crippen MR) is 96.2 cm³/mol. The van der Waals surface area contributed by atoms with E-state index in [4.69, 9.17) is 14.2 Å². The number of rotatable bonds is 7. The third kappa shape index (κ3) is 3.75. The maximum atomic E-state index is 11.5. The Morgan fingerprint density at radius 1 is 1.12 bits per heavy atom. The first-order chi connectivity index (χ1) is 12.6. The van der Waals surface area contributed by atoms with Crippen molar-refractivity contribution < 1.29 is 19.0 Å². The molecule has 0 saturated heterocycles. The normalized spacial score (nSPS) is 10.7. The lowest BCUT2D eigenvalue weighted by molar-refractivity contribution is -0.124. The number of carbonyl (C=O) groups excluding carboxylic acids is 1. The summed E-state index contributed by atoms with van der Waals surface area (Å²) in [5, 5.41) is 11.9. The van der Waals surface area contributed by atoms with Crippen molar-refractivity contribution in [3.8, 4) is 22.9 Å². The molecule has 26 heavy (non-hydrogen) atoms. The quantitative estimate of drug-likeness (QED) is 0.671. The molecule has 0 aliphatic carbocycles. The number of hydrogen-bond donors (Lipinski definition) is 2. The van der Waals surface area contributed by atoms with Gasteiger partial charge in [0.25, 0.3) is 0 Å². The minimum Gasteiger partial charge on any atom is -0.496 e. The SMILES string of the molecule is COCC(=O)NCc1cc2cc(OC)c(-c3ccc(OC)nn3)cc2[nH]1. The van der Waals surface area contributed by atoms with E-state index in [0.29, 0.717) is 23.9 Å². The molecule has 0 saturated carbocycles. The third-order valence-electron chi connectivity index (χ3n) is 3.87. The summed E-state index contributed by atoms with van der Waals surface area (Å²) in [4.78, 5) is 14.8. The standard InChI is InChI=1S/C18H20N4O4/c1-24-10-17(23)19-9-12-6-11-7-16(25-2)13(8-15(11)20-12)14-4-5-18(26-3)22-21-14/h4-8,20H,9-10H2,1-3H3,(H,19,23).